The van der Waals surface area contributed by atoms with E-state index in [1.54, 1.807) is 18.2 Å². The second-order valence-corrected chi connectivity index (χ2v) is 2.89. The standard InChI is InChI=1S/C6H4BrClN/c7-5-2-1-4(9)3-6(5)8/h1-3,9H. The van der Waals surface area contributed by atoms with Crippen LogP contribution in [0.2, 0.25) is 5.02 Å². The predicted octanol–water partition coefficient (Wildman–Crippen LogP) is 3.02. The van der Waals surface area contributed by atoms with Crippen LogP contribution in [-0.2, 0) is 0 Å². The lowest BCUT2D eigenvalue weighted by molar-refractivity contribution is 1.47. The SMILES string of the molecule is [NH]c1ccc(Br)c(Cl)c1. The molecule has 1 radical (unpaired) electrons. The van der Waals surface area contributed by atoms with Crippen LogP contribution in [0.5, 0.6) is 0 Å². The van der Waals surface area contributed by atoms with Crippen molar-refractivity contribution in [3.05, 3.63) is 27.7 Å². The lowest BCUT2D eigenvalue weighted by atomic mass is 10.3. The molecule has 1 rings (SSSR count). The molecule has 0 spiro atoms. The van der Waals surface area contributed by atoms with Gasteiger partial charge in [-0.3, -0.25) is 0 Å². The molecular formula is C6H4BrClN. The highest BCUT2D eigenvalue weighted by Crippen LogP contribution is 2.24. The van der Waals surface area contributed by atoms with Gasteiger partial charge < -0.3 is 5.73 Å². The molecule has 1 N–H and O–H groups in total. The van der Waals surface area contributed by atoms with Gasteiger partial charge in [0.15, 0.2) is 0 Å². The van der Waals surface area contributed by atoms with E-state index in [2.05, 4.69) is 15.9 Å². The van der Waals surface area contributed by atoms with Crippen molar-refractivity contribution in [3.8, 4) is 0 Å². The van der Waals surface area contributed by atoms with Gasteiger partial charge in [-0.1, -0.05) is 11.6 Å². The van der Waals surface area contributed by atoms with E-state index in [-0.39, 0.29) is 0 Å². The summed E-state index contributed by atoms with van der Waals surface area (Å²) in [6.07, 6.45) is 0. The van der Waals surface area contributed by atoms with Crippen LogP contribution < -0.4 is 5.73 Å². The molecular weight excluding hydrogens is 201 g/mol. The Morgan fingerprint density at radius 2 is 2.11 bits per heavy atom. The third-order valence-electron chi connectivity index (χ3n) is 0.920. The van der Waals surface area contributed by atoms with E-state index in [9.17, 15) is 0 Å². The minimum Gasteiger partial charge on any atom is -0.301 e. The quantitative estimate of drug-likeness (QED) is 0.622. The number of hydrogen-bond donors (Lipinski definition) is 0. The van der Waals surface area contributed by atoms with Crippen LogP contribution >= 0.6 is 27.5 Å². The van der Waals surface area contributed by atoms with E-state index in [1.807, 2.05) is 0 Å². The fourth-order valence-electron chi connectivity index (χ4n) is 0.496. The molecule has 1 aromatic carbocycles. The first-order chi connectivity index (χ1) is 4.20. The smallest absolute Gasteiger partial charge is 0.0569 e. The summed E-state index contributed by atoms with van der Waals surface area (Å²) in [4.78, 5) is 0. The van der Waals surface area contributed by atoms with Gasteiger partial charge in [0.05, 0.1) is 10.7 Å². The third-order valence-corrected chi connectivity index (χ3v) is 2.15. The van der Waals surface area contributed by atoms with Gasteiger partial charge in [0.25, 0.3) is 0 Å². The molecule has 0 aliphatic heterocycles. The minimum atomic E-state index is 0.434. The Hall–Kier alpha value is -0.210. The van der Waals surface area contributed by atoms with Gasteiger partial charge in [-0.25, -0.2) is 0 Å². The van der Waals surface area contributed by atoms with Crippen LogP contribution in [0.25, 0.3) is 0 Å². The predicted molar refractivity (Wildman–Crippen MR) is 41.9 cm³/mol. The first kappa shape index (κ1) is 6.90. The summed E-state index contributed by atoms with van der Waals surface area (Å²) < 4.78 is 0.833. The van der Waals surface area contributed by atoms with E-state index in [0.29, 0.717) is 10.7 Å². The molecule has 0 atom stereocenters. The average molecular weight is 205 g/mol. The Kier molecular flexibility index (Phi) is 1.98. The Labute approximate surface area is 66.9 Å². The lowest BCUT2D eigenvalue weighted by Gasteiger charge is -1.93. The summed E-state index contributed by atoms with van der Waals surface area (Å²) in [5.74, 6) is 0. The second-order valence-electron chi connectivity index (χ2n) is 1.63. The molecule has 0 saturated heterocycles. The van der Waals surface area contributed by atoms with E-state index < -0.39 is 0 Å². The molecule has 1 aromatic rings. The zero-order valence-electron chi connectivity index (χ0n) is 4.49. The maximum atomic E-state index is 7.13. The van der Waals surface area contributed by atoms with E-state index in [0.717, 1.165) is 4.47 Å². The first-order valence-electron chi connectivity index (χ1n) is 2.37. The molecule has 0 fully saturated rings. The van der Waals surface area contributed by atoms with Crippen LogP contribution in [0.4, 0.5) is 5.69 Å². The molecule has 0 heterocycles. The van der Waals surface area contributed by atoms with Crippen molar-refractivity contribution in [2.45, 2.75) is 0 Å². The summed E-state index contributed by atoms with van der Waals surface area (Å²) in [6.45, 7) is 0. The minimum absolute atomic E-state index is 0.434. The molecule has 0 bridgehead atoms. The normalized spacial score (nSPS) is 9.56. The Bertz CT molecular complexity index is 224. The van der Waals surface area contributed by atoms with Crippen molar-refractivity contribution in [1.29, 1.82) is 0 Å². The maximum Gasteiger partial charge on any atom is 0.0569 e. The van der Waals surface area contributed by atoms with Crippen molar-refractivity contribution < 1.29 is 0 Å². The largest absolute Gasteiger partial charge is 0.301 e. The van der Waals surface area contributed by atoms with Gasteiger partial charge in [0.1, 0.15) is 0 Å². The van der Waals surface area contributed by atoms with Gasteiger partial charge in [-0.05, 0) is 34.1 Å². The monoisotopic (exact) mass is 204 g/mol. The highest BCUT2D eigenvalue weighted by atomic mass is 79.9. The van der Waals surface area contributed by atoms with Crippen LogP contribution in [-0.4, -0.2) is 0 Å². The molecule has 0 amide bonds. The van der Waals surface area contributed by atoms with Gasteiger partial charge in [0.2, 0.25) is 0 Å². The lowest BCUT2D eigenvalue weighted by Crippen LogP contribution is -1.69. The Morgan fingerprint density at radius 1 is 1.44 bits per heavy atom. The first-order valence-corrected chi connectivity index (χ1v) is 3.54. The van der Waals surface area contributed by atoms with Crippen LogP contribution in [0.3, 0.4) is 0 Å². The molecule has 1 nitrogen and oxygen atoms in total. The van der Waals surface area contributed by atoms with Crippen molar-refractivity contribution >= 4 is 33.2 Å². The fourth-order valence-corrected chi connectivity index (χ4v) is 0.923. The Morgan fingerprint density at radius 3 is 2.56 bits per heavy atom. The zero-order chi connectivity index (χ0) is 6.85. The number of rotatable bonds is 0. The summed E-state index contributed by atoms with van der Waals surface area (Å²) in [5.41, 5.74) is 7.56. The summed E-state index contributed by atoms with van der Waals surface area (Å²) in [6, 6.07) is 5.02. The van der Waals surface area contributed by atoms with Crippen molar-refractivity contribution in [3.63, 3.8) is 0 Å². The van der Waals surface area contributed by atoms with Crippen molar-refractivity contribution in [1.82, 2.24) is 5.73 Å². The molecule has 9 heavy (non-hydrogen) atoms. The summed E-state index contributed by atoms with van der Waals surface area (Å²) in [7, 11) is 0. The van der Waals surface area contributed by atoms with E-state index in [4.69, 9.17) is 17.3 Å². The van der Waals surface area contributed by atoms with Gasteiger partial charge in [0, 0.05) is 4.47 Å². The topological polar surface area (TPSA) is 23.8 Å². The van der Waals surface area contributed by atoms with Gasteiger partial charge >= 0.3 is 0 Å². The molecule has 47 valence electrons. The number of nitrogens with one attached hydrogen (secondary N) is 1. The third kappa shape index (κ3) is 1.60. The summed E-state index contributed by atoms with van der Waals surface area (Å²) >= 11 is 8.86. The van der Waals surface area contributed by atoms with E-state index >= 15 is 0 Å². The average Bonchev–Trinajstić information content (AvgIpc) is 1.80. The number of benzene rings is 1. The molecule has 0 saturated carbocycles. The number of hydrogen-bond acceptors (Lipinski definition) is 0. The molecule has 0 unspecified atom stereocenters. The molecule has 0 aliphatic rings. The summed E-state index contributed by atoms with van der Waals surface area (Å²) in [5, 5.41) is 0.586. The second kappa shape index (κ2) is 2.58. The maximum absolute atomic E-state index is 7.13. The van der Waals surface area contributed by atoms with Gasteiger partial charge in [-0.15, -0.1) is 0 Å². The highest BCUT2D eigenvalue weighted by Gasteiger charge is 1.94. The fraction of sp³-hybridized carbons (Fsp3) is 0. The van der Waals surface area contributed by atoms with Crippen molar-refractivity contribution in [2.24, 2.45) is 0 Å². The Balaban J connectivity index is 3.17. The zero-order valence-corrected chi connectivity index (χ0v) is 6.83. The van der Waals surface area contributed by atoms with Crippen LogP contribution in [0, 0.1) is 0 Å². The van der Waals surface area contributed by atoms with Crippen LogP contribution in [0.1, 0.15) is 0 Å². The molecule has 0 aromatic heterocycles. The molecule has 3 heteroatoms. The van der Waals surface area contributed by atoms with Crippen molar-refractivity contribution in [2.75, 3.05) is 0 Å². The van der Waals surface area contributed by atoms with Gasteiger partial charge in [-0.2, -0.15) is 0 Å². The molecule has 0 aliphatic carbocycles. The van der Waals surface area contributed by atoms with Crippen LogP contribution in [0.15, 0.2) is 22.7 Å². The van der Waals surface area contributed by atoms with E-state index in [1.165, 1.54) is 0 Å². The number of halogens is 2. The highest BCUT2D eigenvalue weighted by molar-refractivity contribution is 9.10.